The van der Waals surface area contributed by atoms with Crippen molar-refractivity contribution in [2.24, 2.45) is 0 Å². The average molecular weight is 97.2 g/mol. The smallest absolute Gasteiger partial charge is 0.0316 e. The van der Waals surface area contributed by atoms with Gasteiger partial charge in [-0.2, -0.15) is 0 Å². The molecule has 0 aliphatic rings. The number of hydrogen-bond donors (Lipinski definition) is 0. The van der Waals surface area contributed by atoms with Crippen LogP contribution >= 0.6 is 0 Å². The lowest BCUT2D eigenvalue weighted by atomic mass is 10.2. The summed E-state index contributed by atoms with van der Waals surface area (Å²) < 4.78 is 0. The molecule has 0 aliphatic heterocycles. The number of rotatable bonds is 3. The van der Waals surface area contributed by atoms with Crippen LogP contribution < -0.4 is 0 Å². The van der Waals surface area contributed by atoms with Gasteiger partial charge in [-0.3, -0.25) is 0 Å². The van der Waals surface area contributed by atoms with Gasteiger partial charge in [-0.25, -0.2) is 0 Å². The number of hydrogen-bond acceptors (Lipinski definition) is 0. The lowest BCUT2D eigenvalue weighted by molar-refractivity contribution is 0.815. The van der Waals surface area contributed by atoms with E-state index in [-0.39, 0.29) is 0 Å². The molecule has 0 aromatic carbocycles. The van der Waals surface area contributed by atoms with Gasteiger partial charge in [0.05, 0.1) is 0 Å². The molecule has 0 heteroatoms. The van der Waals surface area contributed by atoms with Crippen LogP contribution in [0, 0.1) is 6.92 Å². The summed E-state index contributed by atoms with van der Waals surface area (Å²) in [4.78, 5) is 0. The van der Waals surface area contributed by atoms with Gasteiger partial charge in [-0.15, -0.1) is 0 Å². The normalized spacial score (nSPS) is 10.6. The van der Waals surface area contributed by atoms with Crippen molar-refractivity contribution in [1.29, 1.82) is 0 Å². The highest BCUT2D eigenvalue weighted by atomic mass is 13.8. The fraction of sp³-hybridized carbons (Fsp3) is 0.571. The summed E-state index contributed by atoms with van der Waals surface area (Å²) >= 11 is 0. The monoisotopic (exact) mass is 97.1 g/mol. The van der Waals surface area contributed by atoms with Crippen LogP contribution in [0.2, 0.25) is 0 Å². The maximum atomic E-state index is 3.58. The van der Waals surface area contributed by atoms with E-state index >= 15 is 0 Å². The first-order chi connectivity index (χ1) is 3.41. The summed E-state index contributed by atoms with van der Waals surface area (Å²) in [6.45, 7) is 5.77. The van der Waals surface area contributed by atoms with Gasteiger partial charge >= 0.3 is 0 Å². The van der Waals surface area contributed by atoms with Crippen molar-refractivity contribution in [2.75, 3.05) is 0 Å². The molecule has 41 valence electrons. The topological polar surface area (TPSA) is 0 Å². The van der Waals surface area contributed by atoms with Crippen LogP contribution in [0.15, 0.2) is 12.2 Å². The second-order valence-electron chi connectivity index (χ2n) is 1.61. The first-order valence-electron chi connectivity index (χ1n) is 2.86. The van der Waals surface area contributed by atoms with Crippen LogP contribution in [-0.2, 0) is 0 Å². The Morgan fingerprint density at radius 3 is 2.71 bits per heavy atom. The summed E-state index contributed by atoms with van der Waals surface area (Å²) in [5.74, 6) is 0. The third-order valence-corrected chi connectivity index (χ3v) is 0.891. The van der Waals surface area contributed by atoms with E-state index in [0.717, 1.165) is 0 Å². The first-order valence-corrected chi connectivity index (χ1v) is 2.86. The minimum absolute atomic E-state index is 1.19. The molecule has 0 aromatic rings. The Morgan fingerprint density at radius 2 is 2.29 bits per heavy atom. The van der Waals surface area contributed by atoms with E-state index in [2.05, 4.69) is 19.9 Å². The Bertz CT molecular complexity index is 44.0. The highest BCUT2D eigenvalue weighted by Gasteiger charge is 1.73. The standard InChI is InChI=1S/C7H13/c1-3-5-7-6-4-2/h3,5H,1,4,6-7H2,2H3. The molecule has 0 atom stereocenters. The highest BCUT2D eigenvalue weighted by Crippen LogP contribution is 1.93. The van der Waals surface area contributed by atoms with Crippen LogP contribution in [0.25, 0.3) is 0 Å². The Kier molecular flexibility index (Phi) is 5.53. The minimum atomic E-state index is 1.19. The quantitative estimate of drug-likeness (QED) is 0.475. The maximum Gasteiger partial charge on any atom is -0.0316 e. The molecular weight excluding hydrogens is 84.1 g/mol. The molecule has 0 N–H and O–H groups in total. The molecule has 0 heterocycles. The summed E-state index contributed by atoms with van der Waals surface area (Å²) in [7, 11) is 0. The molecule has 0 fully saturated rings. The predicted molar refractivity (Wildman–Crippen MR) is 34.0 cm³/mol. The zero-order valence-corrected chi connectivity index (χ0v) is 4.98. The summed E-state index contributed by atoms with van der Waals surface area (Å²) in [5.41, 5.74) is 0. The fourth-order valence-electron chi connectivity index (χ4n) is 0.440. The van der Waals surface area contributed by atoms with Crippen molar-refractivity contribution in [1.82, 2.24) is 0 Å². The van der Waals surface area contributed by atoms with Crippen molar-refractivity contribution >= 4 is 0 Å². The van der Waals surface area contributed by atoms with Crippen LogP contribution in [0.1, 0.15) is 26.2 Å². The predicted octanol–water partition coefficient (Wildman–Crippen LogP) is 2.57. The van der Waals surface area contributed by atoms with E-state index in [4.69, 9.17) is 0 Å². The molecule has 0 bridgehead atoms. The van der Waals surface area contributed by atoms with E-state index < -0.39 is 0 Å². The molecule has 0 aromatic heterocycles. The fourth-order valence-corrected chi connectivity index (χ4v) is 0.440. The van der Waals surface area contributed by atoms with Gasteiger partial charge in [-0.1, -0.05) is 31.9 Å². The van der Waals surface area contributed by atoms with Gasteiger partial charge in [0.1, 0.15) is 0 Å². The number of unbranched alkanes of at least 4 members (excludes halogenated alkanes) is 2. The van der Waals surface area contributed by atoms with E-state index in [9.17, 15) is 0 Å². The van der Waals surface area contributed by atoms with Gasteiger partial charge in [0.15, 0.2) is 0 Å². The average Bonchev–Trinajstić information content (AvgIpc) is 1.69. The number of allylic oxidation sites excluding steroid dienone is 2. The molecule has 0 saturated heterocycles. The molecule has 7 heavy (non-hydrogen) atoms. The van der Waals surface area contributed by atoms with Gasteiger partial charge < -0.3 is 0 Å². The third-order valence-electron chi connectivity index (χ3n) is 0.891. The minimum Gasteiger partial charge on any atom is -0.0885 e. The first kappa shape index (κ1) is 6.74. The van der Waals surface area contributed by atoms with Crippen molar-refractivity contribution in [3.8, 4) is 0 Å². The SMILES string of the molecule is [CH2]C=CCCCC. The van der Waals surface area contributed by atoms with Crippen molar-refractivity contribution in [3.05, 3.63) is 19.1 Å². The van der Waals surface area contributed by atoms with E-state index in [1.807, 2.05) is 6.08 Å². The van der Waals surface area contributed by atoms with Crippen molar-refractivity contribution in [2.45, 2.75) is 26.2 Å². The molecule has 0 nitrogen and oxygen atoms in total. The largest absolute Gasteiger partial charge is 0.0885 e. The van der Waals surface area contributed by atoms with E-state index in [1.54, 1.807) is 0 Å². The molecule has 0 saturated carbocycles. The lowest BCUT2D eigenvalue weighted by Crippen LogP contribution is -1.63. The molecule has 0 aliphatic carbocycles. The van der Waals surface area contributed by atoms with Crippen LogP contribution in [0.4, 0.5) is 0 Å². The molecule has 0 unspecified atom stereocenters. The van der Waals surface area contributed by atoms with Gasteiger partial charge in [0.25, 0.3) is 0 Å². The molecular formula is C7H13. The van der Waals surface area contributed by atoms with Crippen LogP contribution in [0.5, 0.6) is 0 Å². The second-order valence-corrected chi connectivity index (χ2v) is 1.61. The zero-order valence-electron chi connectivity index (χ0n) is 4.98. The van der Waals surface area contributed by atoms with Gasteiger partial charge in [-0.05, 0) is 13.3 Å². The van der Waals surface area contributed by atoms with Crippen molar-refractivity contribution in [3.63, 3.8) is 0 Å². The molecule has 0 amide bonds. The van der Waals surface area contributed by atoms with Crippen LogP contribution in [0.3, 0.4) is 0 Å². The Balaban J connectivity index is 2.69. The van der Waals surface area contributed by atoms with Gasteiger partial charge in [0, 0.05) is 0 Å². The molecule has 0 spiro atoms. The summed E-state index contributed by atoms with van der Waals surface area (Å²) in [5, 5.41) is 0. The Hall–Kier alpha value is -0.260. The molecule has 0 rings (SSSR count). The lowest BCUT2D eigenvalue weighted by Gasteiger charge is -1.83. The van der Waals surface area contributed by atoms with Gasteiger partial charge in [0.2, 0.25) is 0 Å². The van der Waals surface area contributed by atoms with E-state index in [1.165, 1.54) is 19.3 Å². The van der Waals surface area contributed by atoms with Crippen LogP contribution in [-0.4, -0.2) is 0 Å². The second kappa shape index (κ2) is 5.74. The third kappa shape index (κ3) is 5.74. The van der Waals surface area contributed by atoms with E-state index in [0.29, 0.717) is 0 Å². The maximum absolute atomic E-state index is 3.58. The Labute approximate surface area is 46.2 Å². The summed E-state index contributed by atoms with van der Waals surface area (Å²) in [6, 6.07) is 0. The zero-order chi connectivity index (χ0) is 5.54. The van der Waals surface area contributed by atoms with Crippen molar-refractivity contribution < 1.29 is 0 Å². The summed E-state index contributed by atoms with van der Waals surface area (Å²) in [6.07, 6.45) is 7.73. The highest BCUT2D eigenvalue weighted by molar-refractivity contribution is 4.82. The Morgan fingerprint density at radius 1 is 1.57 bits per heavy atom. The molecule has 1 radical (unpaired) electrons.